The number of benzene rings is 1. The van der Waals surface area contributed by atoms with Crippen molar-refractivity contribution in [2.45, 2.75) is 32.1 Å². The smallest absolute Gasteiger partial charge is 0.327 e. The topological polar surface area (TPSA) is 46.0 Å². The van der Waals surface area contributed by atoms with Crippen LogP contribution in [0.3, 0.4) is 0 Å². The lowest BCUT2D eigenvalue weighted by atomic mass is 9.73. The monoisotopic (exact) mass is 423 g/mol. The van der Waals surface area contributed by atoms with Gasteiger partial charge in [0.25, 0.3) is 0 Å². The number of hydrogen-bond acceptors (Lipinski definition) is 4. The van der Waals surface area contributed by atoms with E-state index >= 15 is 0 Å². The Balaban J connectivity index is 1.48. The lowest BCUT2D eigenvalue weighted by molar-refractivity contribution is -0.139. The fraction of sp³-hybridized carbons (Fsp3) is 0.500. The first-order chi connectivity index (χ1) is 13.8. The molecule has 5 nitrogen and oxygen atoms in total. The Morgan fingerprint density at radius 2 is 1.90 bits per heavy atom. The van der Waals surface area contributed by atoms with Gasteiger partial charge in [0.2, 0.25) is 0 Å². The summed E-state index contributed by atoms with van der Waals surface area (Å²) in [5, 5.41) is 4.09. The van der Waals surface area contributed by atoms with Crippen molar-refractivity contribution in [2.24, 2.45) is 5.41 Å². The normalized spacial score (nSPS) is 19.9. The Labute approximate surface area is 170 Å². The van der Waals surface area contributed by atoms with Crippen molar-refractivity contribution in [2.75, 3.05) is 26.2 Å². The van der Waals surface area contributed by atoms with E-state index in [4.69, 9.17) is 11.6 Å². The molecule has 3 aromatic rings. The number of alkyl halides is 3. The minimum absolute atomic E-state index is 0.0347. The maximum absolute atomic E-state index is 13.2. The SMILES string of the molecule is FC(F)(F)Cn1c2ccc(CN3CCC4(CC3)CNC4)cc2c2ncnc(Cl)c21. The highest BCUT2D eigenvalue weighted by molar-refractivity contribution is 6.34. The quantitative estimate of drug-likeness (QED) is 0.647. The molecule has 0 bridgehead atoms. The number of nitrogens with zero attached hydrogens (tertiary/aromatic N) is 4. The van der Waals surface area contributed by atoms with Gasteiger partial charge >= 0.3 is 6.18 Å². The van der Waals surface area contributed by atoms with Crippen molar-refractivity contribution in [3.8, 4) is 0 Å². The second kappa shape index (κ2) is 6.82. The van der Waals surface area contributed by atoms with Crippen LogP contribution in [0, 0.1) is 5.41 Å². The summed E-state index contributed by atoms with van der Waals surface area (Å²) in [4.78, 5) is 10.5. The second-order valence-corrected chi connectivity index (χ2v) is 8.65. The van der Waals surface area contributed by atoms with Crippen LogP contribution in [0.25, 0.3) is 21.9 Å². The van der Waals surface area contributed by atoms with Crippen LogP contribution in [0.15, 0.2) is 24.5 Å². The van der Waals surface area contributed by atoms with Crippen LogP contribution in [0.2, 0.25) is 5.15 Å². The highest BCUT2D eigenvalue weighted by Crippen LogP contribution is 2.36. The van der Waals surface area contributed by atoms with Gasteiger partial charge in [0.05, 0.1) is 5.52 Å². The molecule has 2 aliphatic heterocycles. The van der Waals surface area contributed by atoms with Crippen LogP contribution in [0.5, 0.6) is 0 Å². The number of fused-ring (bicyclic) bond motifs is 3. The molecule has 4 heterocycles. The summed E-state index contributed by atoms with van der Waals surface area (Å²) in [6.07, 6.45) is -0.686. The van der Waals surface area contributed by atoms with Crippen molar-refractivity contribution < 1.29 is 13.2 Å². The lowest BCUT2D eigenvalue weighted by Crippen LogP contribution is -2.58. The van der Waals surface area contributed by atoms with Gasteiger partial charge in [-0.2, -0.15) is 13.2 Å². The summed E-state index contributed by atoms with van der Waals surface area (Å²) in [6.45, 7) is 3.98. The highest BCUT2D eigenvalue weighted by atomic mass is 35.5. The van der Waals surface area contributed by atoms with E-state index in [1.165, 1.54) is 23.7 Å². The van der Waals surface area contributed by atoms with Crippen LogP contribution >= 0.6 is 11.6 Å². The maximum atomic E-state index is 13.2. The minimum Gasteiger partial charge on any atom is -0.327 e. The van der Waals surface area contributed by atoms with E-state index in [1.54, 1.807) is 6.07 Å². The molecule has 1 spiro atoms. The van der Waals surface area contributed by atoms with E-state index in [0.29, 0.717) is 21.8 Å². The fourth-order valence-corrected chi connectivity index (χ4v) is 4.88. The number of halogens is 4. The number of hydrogen-bond donors (Lipinski definition) is 1. The molecule has 29 heavy (non-hydrogen) atoms. The van der Waals surface area contributed by atoms with Gasteiger partial charge in [-0.1, -0.05) is 17.7 Å². The molecule has 1 N–H and O–H groups in total. The third kappa shape index (κ3) is 3.47. The Morgan fingerprint density at radius 1 is 1.14 bits per heavy atom. The average molecular weight is 424 g/mol. The number of nitrogens with one attached hydrogen (secondary N) is 1. The molecule has 5 rings (SSSR count). The van der Waals surface area contributed by atoms with Gasteiger partial charge in [0.1, 0.15) is 23.9 Å². The minimum atomic E-state index is -4.36. The van der Waals surface area contributed by atoms with Crippen LogP contribution in [-0.2, 0) is 13.1 Å². The first kappa shape index (κ1) is 19.1. The Hall–Kier alpha value is -1.90. The largest absolute Gasteiger partial charge is 0.406 e. The van der Waals surface area contributed by atoms with E-state index in [2.05, 4.69) is 20.2 Å². The van der Waals surface area contributed by atoms with Crippen LogP contribution in [-0.4, -0.2) is 51.8 Å². The van der Waals surface area contributed by atoms with Crippen molar-refractivity contribution in [1.82, 2.24) is 24.8 Å². The Kier molecular flexibility index (Phi) is 4.49. The molecule has 2 aliphatic rings. The zero-order valence-electron chi connectivity index (χ0n) is 15.8. The summed E-state index contributed by atoms with van der Waals surface area (Å²) in [5.41, 5.74) is 2.72. The third-order valence-electron chi connectivity index (χ3n) is 6.31. The summed E-state index contributed by atoms with van der Waals surface area (Å²) in [6, 6.07) is 5.60. The third-order valence-corrected chi connectivity index (χ3v) is 6.59. The van der Waals surface area contributed by atoms with Crippen LogP contribution in [0.4, 0.5) is 13.2 Å². The standard InChI is InChI=1S/C20H21ClF3N5/c21-18-17-16(26-12-27-18)14-7-13(1-2-15(14)29(17)11-20(22,23)24)8-28-5-3-19(4-6-28)9-25-10-19/h1-2,7,12,25H,3-6,8-11H2. The molecule has 2 saturated heterocycles. The van der Waals surface area contributed by atoms with Crippen molar-refractivity contribution in [3.05, 3.63) is 35.2 Å². The van der Waals surface area contributed by atoms with Gasteiger partial charge in [-0.05, 0) is 49.0 Å². The number of aromatic nitrogens is 3. The van der Waals surface area contributed by atoms with Gasteiger partial charge in [0.15, 0.2) is 5.15 Å². The Bertz CT molecular complexity index is 1060. The zero-order chi connectivity index (χ0) is 20.2. The van der Waals surface area contributed by atoms with Crippen LogP contribution < -0.4 is 5.32 Å². The first-order valence-corrected chi connectivity index (χ1v) is 10.1. The summed E-state index contributed by atoms with van der Waals surface area (Å²) in [7, 11) is 0. The lowest BCUT2D eigenvalue weighted by Gasteiger charge is -2.48. The van der Waals surface area contributed by atoms with Gasteiger partial charge in [-0.25, -0.2) is 9.97 Å². The molecule has 154 valence electrons. The highest BCUT2D eigenvalue weighted by Gasteiger charge is 2.39. The number of rotatable bonds is 3. The predicted octanol–water partition coefficient (Wildman–Crippen LogP) is 3.99. The molecule has 2 fully saturated rings. The summed E-state index contributed by atoms with van der Waals surface area (Å²) >= 11 is 6.15. The average Bonchev–Trinajstić information content (AvgIpc) is 2.94. The maximum Gasteiger partial charge on any atom is 0.406 e. The van der Waals surface area contributed by atoms with E-state index < -0.39 is 12.7 Å². The molecule has 0 amide bonds. The molecule has 9 heteroatoms. The fourth-order valence-electron chi connectivity index (χ4n) is 4.64. The number of likely N-dealkylation sites (tertiary alicyclic amines) is 1. The van der Waals surface area contributed by atoms with Gasteiger partial charge in [-0.15, -0.1) is 0 Å². The molecule has 0 atom stereocenters. The molecule has 0 radical (unpaired) electrons. The Morgan fingerprint density at radius 3 is 2.55 bits per heavy atom. The molecule has 0 saturated carbocycles. The van der Waals surface area contributed by atoms with Crippen LogP contribution in [0.1, 0.15) is 18.4 Å². The van der Waals surface area contributed by atoms with Crippen molar-refractivity contribution in [1.29, 1.82) is 0 Å². The van der Waals surface area contributed by atoms with E-state index in [9.17, 15) is 13.2 Å². The summed E-state index contributed by atoms with van der Waals surface area (Å²) in [5.74, 6) is 0. The molecule has 1 aromatic carbocycles. The second-order valence-electron chi connectivity index (χ2n) is 8.29. The molecule has 2 aromatic heterocycles. The predicted molar refractivity (Wildman–Crippen MR) is 106 cm³/mol. The molecule has 0 aliphatic carbocycles. The van der Waals surface area contributed by atoms with Gasteiger partial charge in [-0.3, -0.25) is 4.90 Å². The first-order valence-electron chi connectivity index (χ1n) is 9.75. The van der Waals surface area contributed by atoms with Crippen molar-refractivity contribution >= 4 is 33.5 Å². The van der Waals surface area contributed by atoms with E-state index in [1.807, 2.05) is 12.1 Å². The van der Waals surface area contributed by atoms with Crippen molar-refractivity contribution in [3.63, 3.8) is 0 Å². The molecule has 0 unspecified atom stereocenters. The molecular weight excluding hydrogens is 403 g/mol. The molecular formula is C20H21ClF3N5. The zero-order valence-corrected chi connectivity index (χ0v) is 16.5. The number of piperidine rings is 1. The summed E-state index contributed by atoms with van der Waals surface area (Å²) < 4.78 is 40.7. The van der Waals surface area contributed by atoms with E-state index in [-0.39, 0.29) is 10.7 Å². The van der Waals surface area contributed by atoms with E-state index in [0.717, 1.165) is 38.3 Å². The van der Waals surface area contributed by atoms with Gasteiger partial charge in [0, 0.05) is 25.0 Å². The van der Waals surface area contributed by atoms with Gasteiger partial charge < -0.3 is 9.88 Å².